The van der Waals surface area contributed by atoms with Crippen LogP contribution in [0.25, 0.3) is 0 Å². The number of ether oxygens (including phenoxy) is 1. The van der Waals surface area contributed by atoms with E-state index < -0.39 is 0 Å². The van der Waals surface area contributed by atoms with Gasteiger partial charge in [-0.3, -0.25) is 4.79 Å². The maximum atomic E-state index is 12.3. The molecular formula is C25H25BrN2O3. The molecule has 160 valence electrons. The lowest BCUT2D eigenvalue weighted by Gasteiger charge is -2.15. The monoisotopic (exact) mass is 480 g/mol. The lowest BCUT2D eigenvalue weighted by Crippen LogP contribution is -2.17. The van der Waals surface area contributed by atoms with Crippen LogP contribution in [-0.2, 0) is 6.61 Å². The molecule has 0 heterocycles. The summed E-state index contributed by atoms with van der Waals surface area (Å²) in [5, 5.41) is 13.7. The molecule has 2 N–H and O–H groups in total. The minimum Gasteiger partial charge on any atom is -0.507 e. The smallest absolute Gasteiger partial charge is 0.271 e. The Hall–Kier alpha value is -3.12. The summed E-state index contributed by atoms with van der Waals surface area (Å²) in [5.41, 5.74) is 6.75. The van der Waals surface area contributed by atoms with Gasteiger partial charge in [0, 0.05) is 15.6 Å². The van der Waals surface area contributed by atoms with Gasteiger partial charge >= 0.3 is 0 Å². The van der Waals surface area contributed by atoms with E-state index in [2.05, 4.69) is 58.5 Å². The highest BCUT2D eigenvalue weighted by Gasteiger charge is 2.09. The quantitative estimate of drug-likeness (QED) is 0.325. The number of rotatable bonds is 7. The van der Waals surface area contributed by atoms with Crippen LogP contribution in [0.3, 0.4) is 0 Å². The molecule has 0 fully saturated rings. The summed E-state index contributed by atoms with van der Waals surface area (Å²) >= 11 is 3.33. The van der Waals surface area contributed by atoms with Crippen LogP contribution in [-0.4, -0.2) is 17.2 Å². The molecule has 1 amide bonds. The van der Waals surface area contributed by atoms with Crippen LogP contribution in [0.4, 0.5) is 0 Å². The van der Waals surface area contributed by atoms with E-state index in [-0.39, 0.29) is 11.7 Å². The Balaban J connectivity index is 1.60. The van der Waals surface area contributed by atoms with Crippen molar-refractivity contribution in [3.05, 3.63) is 93.0 Å². The summed E-state index contributed by atoms with van der Waals surface area (Å²) in [6.07, 6.45) is 1.40. The number of phenolic OH excluding ortho intramolecular Hbond substituents is 1. The van der Waals surface area contributed by atoms with Crippen LogP contribution < -0.4 is 10.2 Å². The standard InChI is InChI=1S/C25H25BrN2O3/c1-16(2)22-10-4-17(3)12-24(22)31-15-18-5-7-19(8-6-18)25(30)28-27-14-20-13-21(26)9-11-23(20)29/h4-14,16,29H,15H2,1-3H3,(H,28,30)/b27-14+. The van der Waals surface area contributed by atoms with Gasteiger partial charge in [0.1, 0.15) is 18.1 Å². The van der Waals surface area contributed by atoms with E-state index in [4.69, 9.17) is 4.74 Å². The number of hydrazone groups is 1. The average molecular weight is 481 g/mol. The number of aromatic hydroxyl groups is 1. The van der Waals surface area contributed by atoms with E-state index >= 15 is 0 Å². The normalized spacial score (nSPS) is 11.1. The van der Waals surface area contributed by atoms with Crippen LogP contribution in [0.5, 0.6) is 11.5 Å². The number of nitrogens with zero attached hydrogens (tertiary/aromatic N) is 1. The predicted molar refractivity (Wildman–Crippen MR) is 127 cm³/mol. The molecule has 5 nitrogen and oxygen atoms in total. The second-order valence-electron chi connectivity index (χ2n) is 7.58. The van der Waals surface area contributed by atoms with Gasteiger partial charge in [-0.25, -0.2) is 5.43 Å². The molecule has 0 spiro atoms. The molecule has 0 saturated carbocycles. The van der Waals surface area contributed by atoms with Crippen molar-refractivity contribution < 1.29 is 14.6 Å². The van der Waals surface area contributed by atoms with Crippen molar-refractivity contribution in [2.24, 2.45) is 5.10 Å². The van der Waals surface area contributed by atoms with Gasteiger partial charge in [0.15, 0.2) is 0 Å². The zero-order valence-corrected chi connectivity index (χ0v) is 19.3. The summed E-state index contributed by atoms with van der Waals surface area (Å²) in [6, 6.07) is 18.4. The molecule has 31 heavy (non-hydrogen) atoms. The Morgan fingerprint density at radius 3 is 2.58 bits per heavy atom. The summed E-state index contributed by atoms with van der Waals surface area (Å²) < 4.78 is 6.86. The highest BCUT2D eigenvalue weighted by atomic mass is 79.9. The third-order valence-corrected chi connectivity index (χ3v) is 5.25. The van der Waals surface area contributed by atoms with E-state index in [1.807, 2.05) is 19.1 Å². The molecule has 0 aliphatic rings. The van der Waals surface area contributed by atoms with Crippen molar-refractivity contribution >= 4 is 28.1 Å². The minimum atomic E-state index is -0.334. The molecule has 0 aliphatic carbocycles. The molecule has 0 atom stereocenters. The molecular weight excluding hydrogens is 456 g/mol. The number of amides is 1. The van der Waals surface area contributed by atoms with Crippen molar-refractivity contribution in [3.63, 3.8) is 0 Å². The Bertz CT molecular complexity index is 1090. The predicted octanol–water partition coefficient (Wildman–Crippen LogP) is 5.93. The maximum absolute atomic E-state index is 12.3. The highest BCUT2D eigenvalue weighted by Crippen LogP contribution is 2.28. The molecule has 3 rings (SSSR count). The lowest BCUT2D eigenvalue weighted by molar-refractivity contribution is 0.0955. The van der Waals surface area contributed by atoms with Crippen LogP contribution >= 0.6 is 15.9 Å². The first-order valence-corrected chi connectivity index (χ1v) is 10.8. The number of phenols is 1. The molecule has 0 aliphatic heterocycles. The van der Waals surface area contributed by atoms with Gasteiger partial charge in [-0.05, 0) is 65.9 Å². The van der Waals surface area contributed by atoms with Crippen LogP contribution in [0.15, 0.2) is 70.2 Å². The minimum absolute atomic E-state index is 0.0831. The molecule has 0 saturated heterocycles. The van der Waals surface area contributed by atoms with Crippen molar-refractivity contribution in [1.29, 1.82) is 0 Å². The fourth-order valence-electron chi connectivity index (χ4n) is 3.01. The first-order chi connectivity index (χ1) is 14.8. The van der Waals surface area contributed by atoms with E-state index in [0.717, 1.165) is 21.3 Å². The van der Waals surface area contributed by atoms with Crippen LogP contribution in [0, 0.1) is 6.92 Å². The third kappa shape index (κ3) is 6.18. The highest BCUT2D eigenvalue weighted by molar-refractivity contribution is 9.10. The van der Waals surface area contributed by atoms with Crippen molar-refractivity contribution in [3.8, 4) is 11.5 Å². The summed E-state index contributed by atoms with van der Waals surface area (Å²) in [6.45, 7) is 6.76. The van der Waals surface area contributed by atoms with E-state index in [1.165, 1.54) is 11.8 Å². The number of halogens is 1. The van der Waals surface area contributed by atoms with Gasteiger partial charge < -0.3 is 9.84 Å². The molecule has 3 aromatic rings. The Morgan fingerprint density at radius 1 is 1.13 bits per heavy atom. The lowest BCUT2D eigenvalue weighted by atomic mass is 10.0. The van der Waals surface area contributed by atoms with Crippen LogP contribution in [0.2, 0.25) is 0 Å². The van der Waals surface area contributed by atoms with Gasteiger partial charge in [0.2, 0.25) is 0 Å². The van der Waals surface area contributed by atoms with Gasteiger partial charge in [-0.15, -0.1) is 0 Å². The van der Waals surface area contributed by atoms with Crippen molar-refractivity contribution in [2.75, 3.05) is 0 Å². The number of aryl methyl sites for hydroxylation is 1. The third-order valence-electron chi connectivity index (χ3n) is 4.76. The topological polar surface area (TPSA) is 70.9 Å². The Kier molecular flexibility index (Phi) is 7.47. The zero-order valence-electron chi connectivity index (χ0n) is 17.7. The average Bonchev–Trinajstić information content (AvgIpc) is 2.74. The largest absolute Gasteiger partial charge is 0.507 e. The SMILES string of the molecule is Cc1ccc(C(C)C)c(OCc2ccc(C(=O)N/N=C/c3cc(Br)ccc3O)cc2)c1. The fourth-order valence-corrected chi connectivity index (χ4v) is 3.39. The number of benzene rings is 3. The molecule has 0 radical (unpaired) electrons. The van der Waals surface area contributed by atoms with E-state index in [0.29, 0.717) is 23.7 Å². The summed E-state index contributed by atoms with van der Waals surface area (Å²) in [7, 11) is 0. The number of hydrogen-bond acceptors (Lipinski definition) is 4. The van der Waals surface area contributed by atoms with E-state index in [1.54, 1.807) is 30.3 Å². The molecule has 0 aromatic heterocycles. The molecule has 0 bridgehead atoms. The van der Waals surface area contributed by atoms with Crippen molar-refractivity contribution in [1.82, 2.24) is 5.43 Å². The number of nitrogens with one attached hydrogen (secondary N) is 1. The summed E-state index contributed by atoms with van der Waals surface area (Å²) in [5.74, 6) is 1.02. The maximum Gasteiger partial charge on any atom is 0.271 e. The van der Waals surface area contributed by atoms with Gasteiger partial charge in [0.05, 0.1) is 6.21 Å². The fraction of sp³-hybridized carbons (Fsp3) is 0.200. The van der Waals surface area contributed by atoms with Gasteiger partial charge in [0.25, 0.3) is 5.91 Å². The zero-order chi connectivity index (χ0) is 22.4. The summed E-state index contributed by atoms with van der Waals surface area (Å²) in [4.78, 5) is 12.3. The van der Waals surface area contributed by atoms with E-state index in [9.17, 15) is 9.90 Å². The Labute approximate surface area is 190 Å². The molecule has 0 unspecified atom stereocenters. The van der Waals surface area contributed by atoms with Gasteiger partial charge in [-0.2, -0.15) is 5.10 Å². The molecule has 6 heteroatoms. The second kappa shape index (κ2) is 10.3. The Morgan fingerprint density at radius 2 is 1.87 bits per heavy atom. The van der Waals surface area contributed by atoms with Crippen molar-refractivity contribution in [2.45, 2.75) is 33.3 Å². The first kappa shape index (κ1) is 22.6. The molecule has 3 aromatic carbocycles. The number of carbonyl (C=O) groups is 1. The van der Waals surface area contributed by atoms with Crippen LogP contribution in [0.1, 0.15) is 52.4 Å². The van der Waals surface area contributed by atoms with Gasteiger partial charge in [-0.1, -0.05) is 54.0 Å². The second-order valence-corrected chi connectivity index (χ2v) is 8.50. The number of hydrogen-bond donors (Lipinski definition) is 2. The number of carbonyl (C=O) groups excluding carboxylic acids is 1. The first-order valence-electron chi connectivity index (χ1n) is 9.97.